The summed E-state index contributed by atoms with van der Waals surface area (Å²) in [5, 5.41) is 3.75. The van der Waals surface area contributed by atoms with Gasteiger partial charge >= 0.3 is 0 Å². The minimum Gasteiger partial charge on any atom is -0.379 e. The summed E-state index contributed by atoms with van der Waals surface area (Å²) in [6.07, 6.45) is 8.53. The number of carbonyl (C=O) groups excluding carboxylic acids is 1. The van der Waals surface area contributed by atoms with Crippen LogP contribution >= 0.6 is 0 Å². The van der Waals surface area contributed by atoms with Crippen LogP contribution in [0.1, 0.15) is 48.9 Å². The minimum atomic E-state index is -0.229. The molecule has 1 aliphatic carbocycles. The number of morpholine rings is 1. The molecule has 2 fully saturated rings. The lowest BCUT2D eigenvalue weighted by atomic mass is 10.1. The summed E-state index contributed by atoms with van der Waals surface area (Å²) in [6.45, 7) is 4.99. The van der Waals surface area contributed by atoms with E-state index in [1.54, 1.807) is 6.20 Å². The van der Waals surface area contributed by atoms with E-state index >= 15 is 0 Å². The average molecular weight is 398 g/mol. The van der Waals surface area contributed by atoms with Crippen LogP contribution in [0.5, 0.6) is 0 Å². The molecule has 156 valence electrons. The first-order chi connectivity index (χ1) is 14.2. The van der Waals surface area contributed by atoms with Crippen molar-refractivity contribution < 1.29 is 9.53 Å². The summed E-state index contributed by atoms with van der Waals surface area (Å²) < 4.78 is 7.49. The highest BCUT2D eigenvalue weighted by molar-refractivity contribution is 5.97. The Hall–Kier alpha value is -2.18. The van der Waals surface area contributed by atoms with Crippen molar-refractivity contribution in [2.45, 2.75) is 51.1 Å². The highest BCUT2D eigenvalue weighted by Crippen LogP contribution is 2.18. The van der Waals surface area contributed by atoms with Gasteiger partial charge in [-0.05, 0) is 25.0 Å². The summed E-state index contributed by atoms with van der Waals surface area (Å²) in [5.41, 5.74) is 0.973. The van der Waals surface area contributed by atoms with Crippen molar-refractivity contribution >= 4 is 16.8 Å². The van der Waals surface area contributed by atoms with Gasteiger partial charge in [0.15, 0.2) is 0 Å². The normalized spacial score (nSPS) is 19.2. The molecule has 2 aromatic rings. The second kappa shape index (κ2) is 9.55. The van der Waals surface area contributed by atoms with Gasteiger partial charge in [0.2, 0.25) is 5.43 Å². The smallest absolute Gasteiger partial charge is 0.256 e. The highest BCUT2D eigenvalue weighted by Gasteiger charge is 2.20. The molecule has 2 aliphatic rings. The van der Waals surface area contributed by atoms with Gasteiger partial charge in [0.05, 0.1) is 18.7 Å². The van der Waals surface area contributed by atoms with Gasteiger partial charge in [0, 0.05) is 43.8 Å². The summed E-state index contributed by atoms with van der Waals surface area (Å²) in [6, 6.07) is 7.77. The number of amides is 1. The fourth-order valence-corrected chi connectivity index (χ4v) is 4.45. The highest BCUT2D eigenvalue weighted by atomic mass is 16.5. The molecule has 1 saturated carbocycles. The number of nitrogens with zero attached hydrogens (tertiary/aromatic N) is 2. The van der Waals surface area contributed by atoms with Crippen LogP contribution < -0.4 is 10.7 Å². The Morgan fingerprint density at radius 3 is 2.52 bits per heavy atom. The number of nitrogens with one attached hydrogen (secondary N) is 1. The van der Waals surface area contributed by atoms with Crippen LogP contribution in [0.25, 0.3) is 10.9 Å². The van der Waals surface area contributed by atoms with E-state index in [9.17, 15) is 9.59 Å². The van der Waals surface area contributed by atoms with E-state index in [0.29, 0.717) is 5.39 Å². The van der Waals surface area contributed by atoms with Gasteiger partial charge in [-0.25, -0.2) is 0 Å². The van der Waals surface area contributed by atoms with Crippen LogP contribution in [0, 0.1) is 0 Å². The number of rotatable bonds is 5. The topological polar surface area (TPSA) is 63.6 Å². The zero-order valence-electron chi connectivity index (χ0n) is 17.1. The molecule has 1 N–H and O–H groups in total. The number of carbonyl (C=O) groups is 1. The van der Waals surface area contributed by atoms with Crippen molar-refractivity contribution in [3.05, 3.63) is 46.2 Å². The average Bonchev–Trinajstić information content (AvgIpc) is 3.03. The van der Waals surface area contributed by atoms with Crippen molar-refractivity contribution in [3.63, 3.8) is 0 Å². The van der Waals surface area contributed by atoms with Crippen LogP contribution in [-0.4, -0.2) is 54.3 Å². The molecule has 2 heterocycles. The molecule has 1 aliphatic heterocycles. The zero-order chi connectivity index (χ0) is 20.1. The van der Waals surface area contributed by atoms with E-state index in [1.807, 2.05) is 24.3 Å². The van der Waals surface area contributed by atoms with Gasteiger partial charge in [-0.2, -0.15) is 0 Å². The quantitative estimate of drug-likeness (QED) is 0.788. The van der Waals surface area contributed by atoms with Crippen molar-refractivity contribution in [2.75, 3.05) is 32.8 Å². The van der Waals surface area contributed by atoms with Gasteiger partial charge in [-0.3, -0.25) is 14.5 Å². The maximum Gasteiger partial charge on any atom is 0.256 e. The molecular formula is C23H31N3O3. The van der Waals surface area contributed by atoms with Gasteiger partial charge in [-0.1, -0.05) is 37.8 Å². The maximum atomic E-state index is 13.0. The molecule has 1 aromatic heterocycles. The molecule has 1 amide bonds. The lowest BCUT2D eigenvalue weighted by Crippen LogP contribution is -2.39. The first-order valence-corrected chi connectivity index (χ1v) is 11.0. The largest absolute Gasteiger partial charge is 0.379 e. The fourth-order valence-electron chi connectivity index (χ4n) is 4.45. The van der Waals surface area contributed by atoms with E-state index in [4.69, 9.17) is 4.74 Å². The van der Waals surface area contributed by atoms with Crippen molar-refractivity contribution in [2.24, 2.45) is 0 Å². The summed E-state index contributed by atoms with van der Waals surface area (Å²) in [7, 11) is 0. The second-order valence-corrected chi connectivity index (χ2v) is 8.20. The molecule has 1 aromatic carbocycles. The predicted molar refractivity (Wildman–Crippen MR) is 114 cm³/mol. The second-order valence-electron chi connectivity index (χ2n) is 8.20. The molecule has 0 radical (unpaired) electrons. The number of ether oxygens (including phenoxy) is 1. The third kappa shape index (κ3) is 4.87. The first kappa shape index (κ1) is 20.1. The standard InChI is InChI=1S/C23H31N3O3/c27-22-19-9-5-6-10-21(19)26(12-11-25-13-15-29-16-14-25)17-20(22)23(28)24-18-7-3-1-2-4-8-18/h5-6,9-10,17-18H,1-4,7-8,11-16H2,(H,24,28). The van der Waals surface area contributed by atoms with Gasteiger partial charge in [-0.15, -0.1) is 0 Å². The summed E-state index contributed by atoms with van der Waals surface area (Å²) in [5.74, 6) is -0.229. The Balaban J connectivity index is 1.58. The maximum absolute atomic E-state index is 13.0. The van der Waals surface area contributed by atoms with Crippen LogP contribution in [-0.2, 0) is 11.3 Å². The Kier molecular flexibility index (Phi) is 6.62. The SMILES string of the molecule is O=C(NC1CCCCCC1)c1cn(CCN2CCOCC2)c2ccccc2c1=O. The number of benzene rings is 1. The Morgan fingerprint density at radius 2 is 1.76 bits per heavy atom. The molecule has 4 rings (SSSR count). The molecule has 0 spiro atoms. The van der Waals surface area contributed by atoms with Gasteiger partial charge in [0.1, 0.15) is 5.56 Å². The van der Waals surface area contributed by atoms with Gasteiger partial charge < -0.3 is 14.6 Å². The molecular weight excluding hydrogens is 366 g/mol. The lowest BCUT2D eigenvalue weighted by Gasteiger charge is -2.27. The van der Waals surface area contributed by atoms with E-state index in [-0.39, 0.29) is 22.9 Å². The van der Waals surface area contributed by atoms with Gasteiger partial charge in [0.25, 0.3) is 5.91 Å². The molecule has 1 saturated heterocycles. The third-order valence-electron chi connectivity index (χ3n) is 6.18. The molecule has 0 bridgehead atoms. The van der Waals surface area contributed by atoms with Crippen LogP contribution in [0.3, 0.4) is 0 Å². The Morgan fingerprint density at radius 1 is 1.03 bits per heavy atom. The van der Waals surface area contributed by atoms with E-state index in [2.05, 4.69) is 14.8 Å². The number of pyridine rings is 1. The minimum absolute atomic E-state index is 0.172. The zero-order valence-corrected chi connectivity index (χ0v) is 17.1. The first-order valence-electron chi connectivity index (χ1n) is 11.0. The number of fused-ring (bicyclic) bond motifs is 1. The fraction of sp³-hybridized carbons (Fsp3) is 0.565. The number of hydrogen-bond donors (Lipinski definition) is 1. The lowest BCUT2D eigenvalue weighted by molar-refractivity contribution is 0.0365. The summed E-state index contributed by atoms with van der Waals surface area (Å²) in [4.78, 5) is 28.4. The van der Waals surface area contributed by atoms with Crippen molar-refractivity contribution in [3.8, 4) is 0 Å². The van der Waals surface area contributed by atoms with E-state index < -0.39 is 0 Å². The predicted octanol–water partition coefficient (Wildman–Crippen LogP) is 2.79. The molecule has 0 atom stereocenters. The van der Waals surface area contributed by atoms with Crippen molar-refractivity contribution in [1.82, 2.24) is 14.8 Å². The third-order valence-corrected chi connectivity index (χ3v) is 6.18. The van der Waals surface area contributed by atoms with Crippen molar-refractivity contribution in [1.29, 1.82) is 0 Å². The number of aromatic nitrogens is 1. The number of hydrogen-bond acceptors (Lipinski definition) is 4. The Labute approximate surface area is 171 Å². The molecule has 6 nitrogen and oxygen atoms in total. The van der Waals surface area contributed by atoms with Crippen LogP contribution in [0.2, 0.25) is 0 Å². The Bertz CT molecular complexity index is 894. The van der Waals surface area contributed by atoms with Crippen LogP contribution in [0.4, 0.5) is 0 Å². The van der Waals surface area contributed by atoms with E-state index in [0.717, 1.165) is 70.6 Å². The monoisotopic (exact) mass is 397 g/mol. The molecule has 0 unspecified atom stereocenters. The summed E-state index contributed by atoms with van der Waals surface area (Å²) >= 11 is 0. The number of para-hydroxylation sites is 1. The van der Waals surface area contributed by atoms with Crippen LogP contribution in [0.15, 0.2) is 35.3 Å². The molecule has 29 heavy (non-hydrogen) atoms. The molecule has 6 heteroatoms. The van der Waals surface area contributed by atoms with E-state index in [1.165, 1.54) is 12.8 Å².